The fourth-order valence-electron chi connectivity index (χ4n) is 2.70. The van der Waals surface area contributed by atoms with Crippen molar-refractivity contribution in [3.8, 4) is 11.8 Å². The molecule has 0 spiro atoms. The predicted molar refractivity (Wildman–Crippen MR) is 93.4 cm³/mol. The summed E-state index contributed by atoms with van der Waals surface area (Å²) in [4.78, 5) is 12.1. The molecule has 2 rings (SSSR count). The van der Waals surface area contributed by atoms with Crippen molar-refractivity contribution in [2.24, 2.45) is 5.92 Å². The minimum Gasteiger partial charge on any atom is -0.481 e. The van der Waals surface area contributed by atoms with E-state index in [1.165, 1.54) is 10.6 Å². The SMILES string of the molecule is CC(Oc1ccc(C#N)cc1)C(=O)NCC1CCN(S(C)(=O)=O)CC1. The number of hydrogen-bond acceptors (Lipinski definition) is 5. The van der Waals surface area contributed by atoms with E-state index in [0.717, 1.165) is 12.8 Å². The summed E-state index contributed by atoms with van der Waals surface area (Å²) in [6.45, 7) is 3.17. The standard InChI is InChI=1S/C17H23N3O4S/c1-13(24-16-5-3-14(11-18)4-6-16)17(21)19-12-15-7-9-20(10-8-15)25(2,22)23/h3-6,13,15H,7-10,12H2,1-2H3,(H,19,21). The lowest BCUT2D eigenvalue weighted by Gasteiger charge is -2.30. The van der Waals surface area contributed by atoms with Crippen molar-refractivity contribution in [3.63, 3.8) is 0 Å². The zero-order valence-corrected chi connectivity index (χ0v) is 15.3. The Morgan fingerprint density at radius 2 is 1.96 bits per heavy atom. The van der Waals surface area contributed by atoms with Gasteiger partial charge in [0.05, 0.1) is 17.9 Å². The summed E-state index contributed by atoms with van der Waals surface area (Å²) in [6, 6.07) is 8.60. The molecule has 7 nitrogen and oxygen atoms in total. The van der Waals surface area contributed by atoms with Crippen LogP contribution in [0.15, 0.2) is 24.3 Å². The number of nitrogens with zero attached hydrogens (tertiary/aromatic N) is 2. The molecule has 1 heterocycles. The fraction of sp³-hybridized carbons (Fsp3) is 0.529. The summed E-state index contributed by atoms with van der Waals surface area (Å²) < 4.78 is 30.0. The van der Waals surface area contributed by atoms with Crippen LogP contribution < -0.4 is 10.1 Å². The number of ether oxygens (including phenoxy) is 1. The van der Waals surface area contributed by atoms with Gasteiger partial charge in [-0.1, -0.05) is 0 Å². The Balaban J connectivity index is 1.75. The number of sulfonamides is 1. The highest BCUT2D eigenvalue weighted by atomic mass is 32.2. The second-order valence-corrected chi connectivity index (χ2v) is 8.23. The molecule has 1 aromatic rings. The van der Waals surface area contributed by atoms with Gasteiger partial charge in [-0.05, 0) is 49.9 Å². The van der Waals surface area contributed by atoms with Crippen molar-refractivity contribution in [2.45, 2.75) is 25.9 Å². The van der Waals surface area contributed by atoms with E-state index in [1.807, 2.05) is 6.07 Å². The Morgan fingerprint density at radius 3 is 2.48 bits per heavy atom. The van der Waals surface area contributed by atoms with Crippen LogP contribution >= 0.6 is 0 Å². The Hall–Kier alpha value is -2.11. The van der Waals surface area contributed by atoms with Crippen molar-refractivity contribution in [1.82, 2.24) is 9.62 Å². The maximum absolute atomic E-state index is 12.1. The fourth-order valence-corrected chi connectivity index (χ4v) is 3.57. The van der Waals surface area contributed by atoms with Crippen LogP contribution in [0.1, 0.15) is 25.3 Å². The highest BCUT2D eigenvalue weighted by Gasteiger charge is 2.25. The number of rotatable bonds is 6. The van der Waals surface area contributed by atoms with Gasteiger partial charge in [0.15, 0.2) is 6.10 Å². The molecule has 1 unspecified atom stereocenters. The Bertz CT molecular complexity index is 732. The van der Waals surface area contributed by atoms with E-state index in [9.17, 15) is 13.2 Å². The minimum absolute atomic E-state index is 0.213. The van der Waals surface area contributed by atoms with E-state index >= 15 is 0 Å². The lowest BCUT2D eigenvalue weighted by Crippen LogP contribution is -2.43. The molecular weight excluding hydrogens is 342 g/mol. The van der Waals surface area contributed by atoms with Gasteiger partial charge in [-0.25, -0.2) is 12.7 Å². The van der Waals surface area contributed by atoms with Gasteiger partial charge in [0, 0.05) is 19.6 Å². The molecule has 0 bridgehead atoms. The van der Waals surface area contributed by atoms with Crippen LogP contribution in [0, 0.1) is 17.2 Å². The maximum Gasteiger partial charge on any atom is 0.260 e. The highest BCUT2D eigenvalue weighted by Crippen LogP contribution is 2.18. The average Bonchev–Trinajstić information content (AvgIpc) is 2.60. The second-order valence-electron chi connectivity index (χ2n) is 6.25. The van der Waals surface area contributed by atoms with Gasteiger partial charge in [-0.15, -0.1) is 0 Å². The second kappa shape index (κ2) is 8.32. The topological polar surface area (TPSA) is 99.5 Å². The summed E-state index contributed by atoms with van der Waals surface area (Å²) >= 11 is 0. The molecule has 1 saturated heterocycles. The van der Waals surface area contributed by atoms with Gasteiger partial charge in [0.25, 0.3) is 5.91 Å². The Labute approximate surface area is 148 Å². The van der Waals surface area contributed by atoms with Gasteiger partial charge < -0.3 is 10.1 Å². The van der Waals surface area contributed by atoms with Crippen LogP contribution in [0.5, 0.6) is 5.75 Å². The van der Waals surface area contributed by atoms with Crippen LogP contribution in [0.25, 0.3) is 0 Å². The van der Waals surface area contributed by atoms with Gasteiger partial charge in [0.1, 0.15) is 5.75 Å². The van der Waals surface area contributed by atoms with Crippen molar-refractivity contribution in [2.75, 3.05) is 25.9 Å². The number of carbonyl (C=O) groups is 1. The van der Waals surface area contributed by atoms with E-state index in [1.54, 1.807) is 31.2 Å². The first-order valence-electron chi connectivity index (χ1n) is 8.19. The molecule has 25 heavy (non-hydrogen) atoms. The van der Waals surface area contributed by atoms with Crippen LogP contribution in [0.3, 0.4) is 0 Å². The van der Waals surface area contributed by atoms with Crippen LogP contribution in [0.4, 0.5) is 0 Å². The van der Waals surface area contributed by atoms with Crippen LogP contribution in [0.2, 0.25) is 0 Å². The van der Waals surface area contributed by atoms with Crippen molar-refractivity contribution in [3.05, 3.63) is 29.8 Å². The number of nitrogens with one attached hydrogen (secondary N) is 1. The smallest absolute Gasteiger partial charge is 0.260 e. The van der Waals surface area contributed by atoms with Crippen molar-refractivity contribution < 1.29 is 17.9 Å². The monoisotopic (exact) mass is 365 g/mol. The molecule has 0 aliphatic carbocycles. The number of nitriles is 1. The summed E-state index contributed by atoms with van der Waals surface area (Å²) in [5.74, 6) is 0.585. The quantitative estimate of drug-likeness (QED) is 0.814. The number of piperidine rings is 1. The first-order valence-corrected chi connectivity index (χ1v) is 10.0. The van der Waals surface area contributed by atoms with E-state index in [-0.39, 0.29) is 11.8 Å². The van der Waals surface area contributed by atoms with Crippen LogP contribution in [-0.2, 0) is 14.8 Å². The predicted octanol–water partition coefficient (Wildman–Crippen LogP) is 1.11. The molecular formula is C17H23N3O4S. The Kier molecular flexibility index (Phi) is 6.39. The Morgan fingerprint density at radius 1 is 1.36 bits per heavy atom. The largest absolute Gasteiger partial charge is 0.481 e. The lowest BCUT2D eigenvalue weighted by atomic mass is 9.98. The third kappa shape index (κ3) is 5.73. The molecule has 1 amide bonds. The van der Waals surface area contributed by atoms with Gasteiger partial charge >= 0.3 is 0 Å². The first-order chi connectivity index (χ1) is 11.8. The van der Waals surface area contributed by atoms with Gasteiger partial charge in [0.2, 0.25) is 10.0 Å². The number of benzene rings is 1. The molecule has 0 radical (unpaired) electrons. The molecule has 136 valence electrons. The summed E-state index contributed by atoms with van der Waals surface area (Å²) in [5, 5.41) is 11.6. The number of amides is 1. The minimum atomic E-state index is -3.13. The normalized spacial score (nSPS) is 17.5. The maximum atomic E-state index is 12.1. The van der Waals surface area contributed by atoms with Crippen molar-refractivity contribution in [1.29, 1.82) is 5.26 Å². The van der Waals surface area contributed by atoms with E-state index in [2.05, 4.69) is 5.32 Å². The lowest BCUT2D eigenvalue weighted by molar-refractivity contribution is -0.127. The molecule has 1 aromatic carbocycles. The molecule has 1 aliphatic heterocycles. The molecule has 0 saturated carbocycles. The summed E-state index contributed by atoms with van der Waals surface area (Å²) in [6.07, 6.45) is 2.04. The van der Waals surface area contributed by atoms with E-state index in [0.29, 0.717) is 30.9 Å². The third-order valence-corrected chi connectivity index (χ3v) is 5.58. The molecule has 1 N–H and O–H groups in total. The third-order valence-electron chi connectivity index (χ3n) is 4.27. The molecule has 1 atom stereocenters. The molecule has 1 aliphatic rings. The van der Waals surface area contributed by atoms with Crippen LogP contribution in [-0.4, -0.2) is 50.6 Å². The van der Waals surface area contributed by atoms with Gasteiger partial charge in [-0.3, -0.25) is 4.79 Å². The zero-order valence-electron chi connectivity index (χ0n) is 14.4. The zero-order chi connectivity index (χ0) is 18.4. The first kappa shape index (κ1) is 19.2. The number of carbonyl (C=O) groups excluding carboxylic acids is 1. The summed E-state index contributed by atoms with van der Waals surface area (Å²) in [5.41, 5.74) is 0.532. The average molecular weight is 365 g/mol. The van der Waals surface area contributed by atoms with E-state index in [4.69, 9.17) is 10.00 Å². The molecule has 8 heteroatoms. The van der Waals surface area contributed by atoms with E-state index < -0.39 is 16.1 Å². The summed E-state index contributed by atoms with van der Waals surface area (Å²) in [7, 11) is -3.13. The van der Waals surface area contributed by atoms with Gasteiger partial charge in [-0.2, -0.15) is 5.26 Å². The van der Waals surface area contributed by atoms with Crippen molar-refractivity contribution >= 4 is 15.9 Å². The number of hydrogen-bond donors (Lipinski definition) is 1. The molecule has 1 fully saturated rings. The highest BCUT2D eigenvalue weighted by molar-refractivity contribution is 7.88. The molecule has 0 aromatic heterocycles.